The number of nitrogens with one attached hydrogen (secondary N) is 2. The maximum Gasteiger partial charge on any atom is 0.407 e. The van der Waals surface area contributed by atoms with Crippen molar-refractivity contribution in [2.24, 2.45) is 29.1 Å². The molecular weight excluding hydrogens is 582 g/mol. The molecule has 2 saturated carbocycles. The molecular formula is C33H53N3O9. The monoisotopic (exact) mass is 635 g/mol. The standard InChI is InChI=1S/C33H53N3O9/c1-7-45-31(41)27-22-15-11-14-21(22)19-36(27)30(40)28(33(2,3)4)35-29(39)23(20-12-9-8-10-13-20)18-25(37)24(34-32(42)44-6)16-17-26(38)43-5/h20-24,27-28H,7-19H2,1-6H3,(H,34,42)(H,35,39)/t21?,22-,23-,24-,27-,28+/m0/s1. The lowest BCUT2D eigenvalue weighted by molar-refractivity contribution is -0.156. The number of fused-ring (bicyclic) bond motifs is 1. The highest BCUT2D eigenvalue weighted by Crippen LogP contribution is 2.43. The van der Waals surface area contributed by atoms with Crippen LogP contribution >= 0.6 is 0 Å². The van der Waals surface area contributed by atoms with Crippen molar-refractivity contribution in [1.29, 1.82) is 0 Å². The number of ketones is 1. The molecule has 12 heteroatoms. The van der Waals surface area contributed by atoms with E-state index in [1.165, 1.54) is 14.2 Å². The topological polar surface area (TPSA) is 157 Å². The molecule has 1 unspecified atom stereocenters. The molecule has 0 aromatic carbocycles. The van der Waals surface area contributed by atoms with Crippen LogP contribution in [0, 0.1) is 29.1 Å². The summed E-state index contributed by atoms with van der Waals surface area (Å²) < 4.78 is 14.8. The predicted molar refractivity (Wildman–Crippen MR) is 165 cm³/mol. The average molecular weight is 636 g/mol. The van der Waals surface area contributed by atoms with E-state index in [2.05, 4.69) is 10.6 Å². The second kappa shape index (κ2) is 16.4. The van der Waals surface area contributed by atoms with Crippen LogP contribution in [0.1, 0.15) is 98.3 Å². The molecule has 0 aromatic heterocycles. The van der Waals surface area contributed by atoms with Crippen molar-refractivity contribution >= 4 is 35.6 Å². The summed E-state index contributed by atoms with van der Waals surface area (Å²) in [6, 6.07) is -2.67. The van der Waals surface area contributed by atoms with Crippen molar-refractivity contribution in [2.75, 3.05) is 27.4 Å². The van der Waals surface area contributed by atoms with Gasteiger partial charge in [0.25, 0.3) is 0 Å². The minimum absolute atomic E-state index is 0.00471. The van der Waals surface area contributed by atoms with Gasteiger partial charge >= 0.3 is 18.0 Å². The van der Waals surface area contributed by atoms with Gasteiger partial charge in [-0.1, -0.05) is 46.5 Å². The number of carbonyl (C=O) groups excluding carboxylic acids is 6. The number of Topliss-reactive ketones (excluding diaryl/α,β-unsaturated/α-hetero) is 1. The Morgan fingerprint density at radius 3 is 2.18 bits per heavy atom. The van der Waals surface area contributed by atoms with Gasteiger partial charge in [0.2, 0.25) is 11.8 Å². The Bertz CT molecular complexity index is 1080. The molecule has 6 atom stereocenters. The molecule has 3 amide bonds. The molecule has 0 aromatic rings. The number of rotatable bonds is 13. The summed E-state index contributed by atoms with van der Waals surface area (Å²) in [6.07, 6.45) is 6.13. The highest BCUT2D eigenvalue weighted by molar-refractivity contribution is 5.95. The zero-order valence-electron chi connectivity index (χ0n) is 27.9. The minimum atomic E-state index is -1.05. The van der Waals surface area contributed by atoms with Crippen LogP contribution in [0.25, 0.3) is 0 Å². The number of hydrogen-bond acceptors (Lipinski definition) is 9. The number of alkyl carbamates (subject to hydrolysis) is 1. The molecule has 0 radical (unpaired) electrons. The van der Waals surface area contributed by atoms with Gasteiger partial charge in [-0.25, -0.2) is 9.59 Å². The van der Waals surface area contributed by atoms with Crippen molar-refractivity contribution in [3.8, 4) is 0 Å². The second-order valence-electron chi connectivity index (χ2n) is 13.8. The van der Waals surface area contributed by atoms with Crippen molar-refractivity contribution in [3.05, 3.63) is 0 Å². The van der Waals surface area contributed by atoms with Crippen LogP contribution in [-0.4, -0.2) is 86.0 Å². The van der Waals surface area contributed by atoms with Crippen molar-refractivity contribution in [2.45, 2.75) is 116 Å². The lowest BCUT2D eigenvalue weighted by Crippen LogP contribution is -2.58. The third-order valence-corrected chi connectivity index (χ3v) is 9.81. The summed E-state index contributed by atoms with van der Waals surface area (Å²) in [6.45, 7) is 8.02. The molecule has 45 heavy (non-hydrogen) atoms. The number of esters is 2. The molecule has 2 aliphatic carbocycles. The lowest BCUT2D eigenvalue weighted by Gasteiger charge is -2.38. The molecule has 3 aliphatic rings. The van der Waals surface area contributed by atoms with Gasteiger partial charge in [0.15, 0.2) is 5.78 Å². The van der Waals surface area contributed by atoms with E-state index in [1.54, 1.807) is 11.8 Å². The fourth-order valence-electron chi connectivity index (χ4n) is 7.37. The van der Waals surface area contributed by atoms with Gasteiger partial charge in [-0.3, -0.25) is 19.2 Å². The number of hydrogen-bond donors (Lipinski definition) is 2. The van der Waals surface area contributed by atoms with Gasteiger partial charge in [0.05, 0.1) is 26.9 Å². The maximum absolute atomic E-state index is 14.3. The number of methoxy groups -OCH3 is 2. The molecule has 0 spiro atoms. The molecule has 1 saturated heterocycles. The van der Waals surface area contributed by atoms with Crippen molar-refractivity contribution in [1.82, 2.24) is 15.5 Å². The molecule has 3 rings (SSSR count). The first kappa shape index (κ1) is 36.3. The van der Waals surface area contributed by atoms with E-state index < -0.39 is 59.2 Å². The van der Waals surface area contributed by atoms with Crippen LogP contribution in [0.15, 0.2) is 0 Å². The molecule has 2 N–H and O–H groups in total. The first-order chi connectivity index (χ1) is 21.3. The van der Waals surface area contributed by atoms with Crippen LogP contribution in [-0.2, 0) is 38.2 Å². The Kier molecular flexibility index (Phi) is 13.2. The Balaban J connectivity index is 1.86. The Labute approximate surface area is 267 Å². The van der Waals surface area contributed by atoms with Gasteiger partial charge < -0.3 is 29.7 Å². The SMILES string of the molecule is CCOC(=O)[C@@H]1[C@H]2CCCC2CN1C(=O)[C@@H](NC(=O)[C@@H](CC(=O)[C@H](CCC(=O)OC)NC(=O)OC)C1CCCCC1)C(C)(C)C. The highest BCUT2D eigenvalue weighted by Gasteiger charge is 2.52. The summed E-state index contributed by atoms with van der Waals surface area (Å²) in [4.78, 5) is 80.7. The molecule has 12 nitrogen and oxygen atoms in total. The first-order valence-electron chi connectivity index (χ1n) is 16.5. The van der Waals surface area contributed by atoms with E-state index in [1.807, 2.05) is 20.8 Å². The second-order valence-corrected chi connectivity index (χ2v) is 13.8. The largest absolute Gasteiger partial charge is 0.469 e. The van der Waals surface area contributed by atoms with E-state index >= 15 is 0 Å². The van der Waals surface area contributed by atoms with Crippen LogP contribution in [0.5, 0.6) is 0 Å². The Morgan fingerprint density at radius 1 is 0.889 bits per heavy atom. The zero-order chi connectivity index (χ0) is 33.3. The third kappa shape index (κ3) is 9.42. The number of likely N-dealkylation sites (tertiary alicyclic amines) is 1. The zero-order valence-corrected chi connectivity index (χ0v) is 27.9. The average Bonchev–Trinajstić information content (AvgIpc) is 3.61. The molecule has 0 bridgehead atoms. The van der Waals surface area contributed by atoms with Gasteiger partial charge in [0.1, 0.15) is 12.1 Å². The predicted octanol–water partition coefficient (Wildman–Crippen LogP) is 3.54. The first-order valence-corrected chi connectivity index (χ1v) is 16.5. The fraction of sp³-hybridized carbons (Fsp3) is 0.818. The third-order valence-electron chi connectivity index (χ3n) is 9.81. The fourth-order valence-corrected chi connectivity index (χ4v) is 7.37. The summed E-state index contributed by atoms with van der Waals surface area (Å²) in [5, 5.41) is 5.53. The number of nitrogens with zero attached hydrogens (tertiary/aromatic N) is 1. The van der Waals surface area contributed by atoms with Crippen LogP contribution in [0.2, 0.25) is 0 Å². The maximum atomic E-state index is 14.3. The molecule has 1 aliphatic heterocycles. The number of carbonyl (C=O) groups is 6. The number of ether oxygens (including phenoxy) is 3. The van der Waals surface area contributed by atoms with E-state index in [-0.39, 0.29) is 49.5 Å². The van der Waals surface area contributed by atoms with E-state index in [9.17, 15) is 28.8 Å². The van der Waals surface area contributed by atoms with Crippen LogP contribution in [0.4, 0.5) is 4.79 Å². The molecule has 1 heterocycles. The molecule has 3 fully saturated rings. The summed E-state index contributed by atoms with van der Waals surface area (Å²) in [5.41, 5.74) is -0.694. The van der Waals surface area contributed by atoms with Crippen molar-refractivity contribution in [3.63, 3.8) is 0 Å². The smallest absolute Gasteiger partial charge is 0.407 e. The van der Waals surface area contributed by atoms with E-state index in [0.717, 1.165) is 51.4 Å². The summed E-state index contributed by atoms with van der Waals surface area (Å²) in [5.74, 6) is -2.62. The summed E-state index contributed by atoms with van der Waals surface area (Å²) in [7, 11) is 2.42. The normalized spacial score (nSPS) is 23.7. The van der Waals surface area contributed by atoms with Gasteiger partial charge in [-0.05, 0) is 62.2 Å². The summed E-state index contributed by atoms with van der Waals surface area (Å²) >= 11 is 0. The van der Waals surface area contributed by atoms with Crippen LogP contribution in [0.3, 0.4) is 0 Å². The van der Waals surface area contributed by atoms with E-state index in [0.29, 0.717) is 6.54 Å². The van der Waals surface area contributed by atoms with Gasteiger partial charge in [0, 0.05) is 25.3 Å². The quantitative estimate of drug-likeness (QED) is 0.228. The Morgan fingerprint density at radius 2 is 1.58 bits per heavy atom. The number of amides is 3. The lowest BCUT2D eigenvalue weighted by atomic mass is 9.76. The highest BCUT2D eigenvalue weighted by atomic mass is 16.5. The van der Waals surface area contributed by atoms with Gasteiger partial charge in [-0.2, -0.15) is 0 Å². The van der Waals surface area contributed by atoms with E-state index in [4.69, 9.17) is 14.2 Å². The molecule has 254 valence electrons. The van der Waals surface area contributed by atoms with Crippen molar-refractivity contribution < 1.29 is 43.0 Å². The Hall–Kier alpha value is -3.18. The van der Waals surface area contributed by atoms with Gasteiger partial charge in [-0.15, -0.1) is 0 Å². The minimum Gasteiger partial charge on any atom is -0.469 e. The van der Waals surface area contributed by atoms with Crippen LogP contribution < -0.4 is 10.6 Å².